The van der Waals surface area contributed by atoms with Crippen LogP contribution in [-0.2, 0) is 14.0 Å². The molecule has 1 aliphatic rings. The van der Waals surface area contributed by atoms with Crippen molar-refractivity contribution in [3.63, 3.8) is 0 Å². The Balaban J connectivity index is 1.46. The lowest BCUT2D eigenvalue weighted by atomic mass is 9.84. The number of rotatable bonds is 18. The van der Waals surface area contributed by atoms with Crippen molar-refractivity contribution in [3.8, 4) is 16.9 Å². The number of hydrogen-bond acceptors (Lipinski definition) is 6. The van der Waals surface area contributed by atoms with E-state index in [0.29, 0.717) is 25.0 Å². The highest BCUT2D eigenvalue weighted by Gasteiger charge is 2.45. The second-order valence-corrected chi connectivity index (χ2v) is 19.8. The molecule has 3 aromatic rings. The van der Waals surface area contributed by atoms with E-state index in [2.05, 4.69) is 33.9 Å². The second kappa shape index (κ2) is 18.0. The van der Waals surface area contributed by atoms with E-state index in [1.54, 1.807) is 12.1 Å². The number of hydrogen-bond donors (Lipinski definition) is 2. The van der Waals surface area contributed by atoms with Gasteiger partial charge in [-0.2, -0.15) is 0 Å². The molecule has 1 saturated carbocycles. The van der Waals surface area contributed by atoms with E-state index >= 15 is 0 Å². The Kier molecular flexibility index (Phi) is 14.1. The molecule has 0 aromatic heterocycles. The summed E-state index contributed by atoms with van der Waals surface area (Å²) in [6.07, 6.45) is 4.94. The highest BCUT2D eigenvalue weighted by molar-refractivity contribution is 6.74. The maximum Gasteiger partial charge on any atom is 0.338 e. The Morgan fingerprint density at radius 3 is 2.06 bits per heavy atom. The minimum atomic E-state index is -2.11. The lowest BCUT2D eigenvalue weighted by Crippen LogP contribution is -2.45. The van der Waals surface area contributed by atoms with Gasteiger partial charge in [0.1, 0.15) is 18.5 Å². The van der Waals surface area contributed by atoms with E-state index in [4.69, 9.17) is 19.0 Å². The highest BCUT2D eigenvalue weighted by Crippen LogP contribution is 2.43. The summed E-state index contributed by atoms with van der Waals surface area (Å²) in [7, 11) is -2.11. The van der Waals surface area contributed by atoms with E-state index in [1.807, 2.05) is 72.8 Å². The molecular formula is C41H56O7Si. The molecule has 4 rings (SSSR count). The van der Waals surface area contributed by atoms with Crippen molar-refractivity contribution >= 4 is 20.3 Å². The lowest BCUT2D eigenvalue weighted by Gasteiger charge is -2.39. The van der Waals surface area contributed by atoms with Crippen LogP contribution in [0.1, 0.15) is 88.9 Å². The zero-order valence-electron chi connectivity index (χ0n) is 30.0. The van der Waals surface area contributed by atoms with Crippen LogP contribution in [0, 0.1) is 11.8 Å². The summed E-state index contributed by atoms with van der Waals surface area (Å²) in [4.78, 5) is 24.4. The summed E-state index contributed by atoms with van der Waals surface area (Å²) < 4.78 is 19.3. The fourth-order valence-electron chi connectivity index (χ4n) is 6.59. The standard InChI is InChI=1S/C41H56O7Si/c1-41(2,3)49(4,5)48-34(29-46-33-18-12-9-13-19-33)26-27-35-36(20-14-6-7-15-21-39(43)44)38(28-37(35)42)47-40(45)32-24-22-31(23-25-32)30-16-10-8-11-17-30/h8-13,16-19,22-25,34-38,42H,6-7,14-15,20-21,26-29H2,1-5H3,(H,43,44)/t34?,35-,36-,37?,38+/m1/s1. The van der Waals surface area contributed by atoms with Gasteiger partial charge in [-0.05, 0) is 85.1 Å². The fraction of sp³-hybridized carbons (Fsp3) is 0.512. The van der Waals surface area contributed by atoms with E-state index in [1.165, 1.54) is 0 Å². The summed E-state index contributed by atoms with van der Waals surface area (Å²) in [5.74, 6) is -0.408. The number of para-hydroxylation sites is 1. The van der Waals surface area contributed by atoms with Gasteiger partial charge in [0.25, 0.3) is 0 Å². The molecule has 2 N–H and O–H groups in total. The van der Waals surface area contributed by atoms with Crippen molar-refractivity contribution < 1.29 is 33.7 Å². The largest absolute Gasteiger partial charge is 0.491 e. The summed E-state index contributed by atoms with van der Waals surface area (Å²) in [6, 6.07) is 27.3. The molecule has 0 spiro atoms. The van der Waals surface area contributed by atoms with E-state index in [0.717, 1.165) is 55.4 Å². The molecule has 0 bridgehead atoms. The molecule has 0 saturated heterocycles. The molecule has 0 radical (unpaired) electrons. The normalized spacial score (nSPS) is 20.1. The average Bonchev–Trinajstić information content (AvgIpc) is 3.36. The van der Waals surface area contributed by atoms with Gasteiger partial charge in [0.2, 0.25) is 0 Å². The van der Waals surface area contributed by atoms with Crippen LogP contribution in [0.25, 0.3) is 11.1 Å². The highest BCUT2D eigenvalue weighted by atomic mass is 28.4. The number of unbranched alkanes of at least 4 members (excludes halogenated alkanes) is 3. The Hall–Kier alpha value is -3.46. The van der Waals surface area contributed by atoms with Crippen LogP contribution >= 0.6 is 0 Å². The number of carboxylic acid groups (broad SMARTS) is 1. The third-order valence-electron chi connectivity index (χ3n) is 10.4. The van der Waals surface area contributed by atoms with Crippen LogP contribution in [0.3, 0.4) is 0 Å². The number of ether oxygens (including phenoxy) is 2. The predicted molar refractivity (Wildman–Crippen MR) is 197 cm³/mol. The molecule has 0 aliphatic heterocycles. The molecular weight excluding hydrogens is 633 g/mol. The Morgan fingerprint density at radius 2 is 1.43 bits per heavy atom. The number of carboxylic acids is 1. The Labute approximate surface area is 294 Å². The van der Waals surface area contributed by atoms with Gasteiger partial charge < -0.3 is 24.1 Å². The second-order valence-electron chi connectivity index (χ2n) is 15.1. The van der Waals surface area contributed by atoms with Gasteiger partial charge in [-0.25, -0.2) is 4.79 Å². The third kappa shape index (κ3) is 11.5. The van der Waals surface area contributed by atoms with Crippen molar-refractivity contribution in [1.82, 2.24) is 0 Å². The van der Waals surface area contributed by atoms with E-state index in [9.17, 15) is 14.7 Å². The molecule has 8 heteroatoms. The quantitative estimate of drug-likeness (QED) is 0.0780. The van der Waals surface area contributed by atoms with Crippen molar-refractivity contribution in [2.75, 3.05) is 6.61 Å². The smallest absolute Gasteiger partial charge is 0.338 e. The Morgan fingerprint density at radius 1 is 0.816 bits per heavy atom. The number of carbonyl (C=O) groups is 2. The first kappa shape index (κ1) is 38.3. The molecule has 7 nitrogen and oxygen atoms in total. The number of esters is 1. The van der Waals surface area contributed by atoms with Crippen LogP contribution in [0.2, 0.25) is 18.1 Å². The first-order valence-electron chi connectivity index (χ1n) is 18.0. The van der Waals surface area contributed by atoms with Crippen LogP contribution < -0.4 is 4.74 Å². The third-order valence-corrected chi connectivity index (χ3v) is 15.0. The first-order valence-corrected chi connectivity index (χ1v) is 20.9. The first-order chi connectivity index (χ1) is 23.3. The van der Waals surface area contributed by atoms with Crippen molar-refractivity contribution in [3.05, 3.63) is 90.5 Å². The van der Waals surface area contributed by atoms with Crippen LogP contribution in [-0.4, -0.2) is 55.4 Å². The number of aliphatic carboxylic acids is 1. The fourth-order valence-corrected chi connectivity index (χ4v) is 7.96. The molecule has 0 heterocycles. The number of benzene rings is 3. The zero-order chi connectivity index (χ0) is 35.4. The average molecular weight is 689 g/mol. The summed E-state index contributed by atoms with van der Waals surface area (Å²) in [5, 5.41) is 20.5. The predicted octanol–water partition coefficient (Wildman–Crippen LogP) is 9.55. The van der Waals surface area contributed by atoms with Crippen LogP contribution in [0.15, 0.2) is 84.9 Å². The monoisotopic (exact) mass is 688 g/mol. The Bertz CT molecular complexity index is 1440. The lowest BCUT2D eigenvalue weighted by molar-refractivity contribution is -0.137. The number of aliphatic hydroxyl groups is 1. The SMILES string of the molecule is CC(C)(C)[Si](C)(C)OC(CC[C@H]1C(O)C[C@H](OC(=O)c2ccc(-c3ccccc3)cc2)[C@@H]1CCCCCCC(=O)O)COc1ccccc1. The van der Waals surface area contributed by atoms with Gasteiger partial charge in [0, 0.05) is 18.8 Å². The molecule has 49 heavy (non-hydrogen) atoms. The van der Waals surface area contributed by atoms with E-state index in [-0.39, 0.29) is 35.4 Å². The molecule has 0 amide bonds. The molecule has 2 unspecified atom stereocenters. The van der Waals surface area contributed by atoms with Gasteiger partial charge in [-0.15, -0.1) is 0 Å². The van der Waals surface area contributed by atoms with E-state index < -0.39 is 26.5 Å². The van der Waals surface area contributed by atoms with Gasteiger partial charge >= 0.3 is 11.9 Å². The molecule has 1 aliphatic carbocycles. The van der Waals surface area contributed by atoms with Crippen molar-refractivity contribution in [2.24, 2.45) is 11.8 Å². The summed E-state index contributed by atoms with van der Waals surface area (Å²) in [5.41, 5.74) is 2.60. The van der Waals surface area contributed by atoms with Crippen LogP contribution in [0.4, 0.5) is 0 Å². The molecule has 3 aromatic carbocycles. The van der Waals surface area contributed by atoms with Gasteiger partial charge in [0.15, 0.2) is 8.32 Å². The topological polar surface area (TPSA) is 102 Å². The minimum Gasteiger partial charge on any atom is -0.491 e. The summed E-state index contributed by atoms with van der Waals surface area (Å²) >= 11 is 0. The van der Waals surface area contributed by atoms with Gasteiger partial charge in [0.05, 0.1) is 17.8 Å². The molecule has 266 valence electrons. The van der Waals surface area contributed by atoms with Crippen molar-refractivity contribution in [1.29, 1.82) is 0 Å². The number of carbonyl (C=O) groups excluding carboxylic acids is 1. The van der Waals surface area contributed by atoms with Crippen LogP contribution in [0.5, 0.6) is 5.75 Å². The minimum absolute atomic E-state index is 0.00872. The maximum atomic E-state index is 13.4. The summed E-state index contributed by atoms with van der Waals surface area (Å²) in [6.45, 7) is 11.6. The van der Waals surface area contributed by atoms with Gasteiger partial charge in [-0.1, -0.05) is 101 Å². The zero-order valence-corrected chi connectivity index (χ0v) is 31.0. The maximum absolute atomic E-state index is 13.4. The van der Waals surface area contributed by atoms with Crippen molar-refractivity contribution in [2.45, 2.75) is 115 Å². The molecule has 1 fully saturated rings. The molecule has 5 atom stereocenters. The van der Waals surface area contributed by atoms with Gasteiger partial charge in [-0.3, -0.25) is 4.79 Å². The number of aliphatic hydroxyl groups excluding tert-OH is 1.